The molecule has 3 aromatic heterocycles. The standard InChI is InChI=1S/C22H16N2O5S/c1-3-24-14-10-11(2)8-9-12(14)18-16(20(24)26)17(25)19(21(27)29-18)30-22-23-13-6-4-5-7-15(13)28-22/h4-10,25H,3H2,1-2H3. The van der Waals surface area contributed by atoms with Crippen molar-refractivity contribution in [2.45, 2.75) is 30.5 Å². The zero-order chi connectivity index (χ0) is 21.0. The summed E-state index contributed by atoms with van der Waals surface area (Å²) in [6, 6.07) is 12.7. The number of oxazole rings is 1. The molecule has 0 aliphatic carbocycles. The van der Waals surface area contributed by atoms with E-state index in [1.165, 1.54) is 0 Å². The Morgan fingerprint density at radius 3 is 2.70 bits per heavy atom. The molecule has 0 aliphatic rings. The van der Waals surface area contributed by atoms with Crippen molar-refractivity contribution in [3.63, 3.8) is 0 Å². The second-order valence-electron chi connectivity index (χ2n) is 6.89. The highest BCUT2D eigenvalue weighted by molar-refractivity contribution is 7.99. The molecule has 2 aromatic carbocycles. The smallest absolute Gasteiger partial charge is 0.354 e. The van der Waals surface area contributed by atoms with Crippen molar-refractivity contribution in [2.75, 3.05) is 0 Å². The van der Waals surface area contributed by atoms with Crippen LogP contribution >= 0.6 is 11.8 Å². The number of aromatic nitrogens is 2. The van der Waals surface area contributed by atoms with Gasteiger partial charge in [0, 0.05) is 11.9 Å². The van der Waals surface area contributed by atoms with Crippen molar-refractivity contribution < 1.29 is 13.9 Å². The van der Waals surface area contributed by atoms with Crippen molar-refractivity contribution in [1.82, 2.24) is 9.55 Å². The van der Waals surface area contributed by atoms with Gasteiger partial charge in [0.1, 0.15) is 15.8 Å². The van der Waals surface area contributed by atoms with Gasteiger partial charge in [-0.15, -0.1) is 0 Å². The molecular formula is C22H16N2O5S. The number of para-hydroxylation sites is 2. The van der Waals surface area contributed by atoms with Crippen LogP contribution in [0, 0.1) is 6.92 Å². The molecule has 7 nitrogen and oxygen atoms in total. The van der Waals surface area contributed by atoms with E-state index in [-0.39, 0.29) is 21.1 Å². The third kappa shape index (κ3) is 2.72. The van der Waals surface area contributed by atoms with Crippen molar-refractivity contribution in [3.8, 4) is 5.75 Å². The van der Waals surface area contributed by atoms with Crippen molar-refractivity contribution >= 4 is 44.7 Å². The number of hydrogen-bond acceptors (Lipinski definition) is 7. The summed E-state index contributed by atoms with van der Waals surface area (Å²) in [6.45, 7) is 4.17. The fourth-order valence-corrected chi connectivity index (χ4v) is 4.36. The van der Waals surface area contributed by atoms with Crippen LogP contribution in [0.2, 0.25) is 0 Å². The molecule has 0 spiro atoms. The molecule has 5 rings (SSSR count). The number of benzene rings is 2. The molecule has 0 saturated heterocycles. The van der Waals surface area contributed by atoms with Gasteiger partial charge in [-0.05, 0) is 55.4 Å². The lowest BCUT2D eigenvalue weighted by molar-refractivity contribution is 0.443. The maximum Gasteiger partial charge on any atom is 0.354 e. The normalized spacial score (nSPS) is 11.7. The van der Waals surface area contributed by atoms with Crippen LogP contribution in [0.25, 0.3) is 33.0 Å². The lowest BCUT2D eigenvalue weighted by atomic mass is 10.1. The highest BCUT2D eigenvalue weighted by Gasteiger charge is 2.23. The summed E-state index contributed by atoms with van der Waals surface area (Å²) in [6.07, 6.45) is 0. The molecule has 1 N–H and O–H groups in total. The van der Waals surface area contributed by atoms with E-state index in [1.54, 1.807) is 22.8 Å². The van der Waals surface area contributed by atoms with Crippen LogP contribution in [0.5, 0.6) is 5.75 Å². The third-order valence-corrected chi connectivity index (χ3v) is 5.90. The van der Waals surface area contributed by atoms with E-state index in [2.05, 4.69) is 4.98 Å². The predicted octanol–water partition coefficient (Wildman–Crippen LogP) is 4.43. The van der Waals surface area contributed by atoms with E-state index in [0.29, 0.717) is 28.5 Å². The van der Waals surface area contributed by atoms with E-state index in [1.807, 2.05) is 38.1 Å². The molecule has 0 radical (unpaired) electrons. The Hall–Kier alpha value is -3.52. The minimum absolute atomic E-state index is 0.0357. The lowest BCUT2D eigenvalue weighted by Crippen LogP contribution is -2.21. The molecule has 0 unspecified atom stereocenters. The topological polar surface area (TPSA) is 98.5 Å². The number of aromatic hydroxyl groups is 1. The van der Waals surface area contributed by atoms with Crippen LogP contribution in [0.4, 0.5) is 0 Å². The summed E-state index contributed by atoms with van der Waals surface area (Å²) in [5, 5.41) is 11.6. The summed E-state index contributed by atoms with van der Waals surface area (Å²) < 4.78 is 12.7. The van der Waals surface area contributed by atoms with Gasteiger partial charge < -0.3 is 18.5 Å². The zero-order valence-electron chi connectivity index (χ0n) is 16.1. The quantitative estimate of drug-likeness (QED) is 0.431. The van der Waals surface area contributed by atoms with Crippen molar-refractivity contribution in [1.29, 1.82) is 0 Å². The number of fused-ring (bicyclic) bond motifs is 4. The average molecular weight is 420 g/mol. The van der Waals surface area contributed by atoms with Crippen molar-refractivity contribution in [2.24, 2.45) is 0 Å². The number of pyridine rings is 1. The van der Waals surface area contributed by atoms with Crippen LogP contribution < -0.4 is 11.2 Å². The summed E-state index contributed by atoms with van der Waals surface area (Å²) in [5.41, 5.74) is 1.69. The molecule has 0 fully saturated rings. The summed E-state index contributed by atoms with van der Waals surface area (Å²) >= 11 is 0.829. The van der Waals surface area contributed by atoms with E-state index in [9.17, 15) is 14.7 Å². The zero-order valence-corrected chi connectivity index (χ0v) is 16.9. The summed E-state index contributed by atoms with van der Waals surface area (Å²) in [7, 11) is 0. The molecule has 0 atom stereocenters. The van der Waals surface area contributed by atoms with Gasteiger partial charge in [0.05, 0.1) is 5.52 Å². The van der Waals surface area contributed by atoms with Crippen molar-refractivity contribution in [3.05, 3.63) is 68.8 Å². The molecular weight excluding hydrogens is 404 g/mol. The van der Waals surface area contributed by atoms with Gasteiger partial charge in [0.2, 0.25) is 0 Å². The van der Waals surface area contributed by atoms with Gasteiger partial charge in [-0.3, -0.25) is 4.79 Å². The molecule has 30 heavy (non-hydrogen) atoms. The average Bonchev–Trinajstić information content (AvgIpc) is 3.13. The van der Waals surface area contributed by atoms with Crippen LogP contribution in [0.1, 0.15) is 12.5 Å². The Kier molecular flexibility index (Phi) is 4.18. The number of aryl methyl sites for hydroxylation is 2. The Bertz CT molecular complexity index is 1550. The Morgan fingerprint density at radius 1 is 1.13 bits per heavy atom. The van der Waals surface area contributed by atoms with E-state index in [4.69, 9.17) is 8.83 Å². The van der Waals surface area contributed by atoms with Gasteiger partial charge >= 0.3 is 5.63 Å². The third-order valence-electron chi connectivity index (χ3n) is 4.99. The number of rotatable bonds is 3. The Balaban J connectivity index is 1.79. The summed E-state index contributed by atoms with van der Waals surface area (Å²) in [5.74, 6) is -0.428. The molecule has 5 aromatic rings. The lowest BCUT2D eigenvalue weighted by Gasteiger charge is -2.12. The van der Waals surface area contributed by atoms with E-state index in [0.717, 1.165) is 17.3 Å². The predicted molar refractivity (Wildman–Crippen MR) is 114 cm³/mol. The van der Waals surface area contributed by atoms with Crippen LogP contribution in [-0.4, -0.2) is 14.7 Å². The van der Waals surface area contributed by atoms with E-state index < -0.39 is 16.9 Å². The fourth-order valence-electron chi connectivity index (χ4n) is 3.58. The second kappa shape index (κ2) is 6.77. The number of hydrogen-bond donors (Lipinski definition) is 1. The number of nitrogens with zero attached hydrogens (tertiary/aromatic N) is 2. The maximum atomic E-state index is 13.2. The summed E-state index contributed by atoms with van der Waals surface area (Å²) in [4.78, 5) is 30.0. The molecule has 0 aliphatic heterocycles. The maximum absolute atomic E-state index is 13.2. The fraction of sp³-hybridized carbons (Fsp3) is 0.136. The van der Waals surface area contributed by atoms with Crippen LogP contribution in [0.15, 0.2) is 71.0 Å². The highest BCUT2D eigenvalue weighted by atomic mass is 32.2. The van der Waals surface area contributed by atoms with Gasteiger partial charge in [-0.25, -0.2) is 9.78 Å². The minimum atomic E-state index is -0.761. The van der Waals surface area contributed by atoms with Crippen LogP contribution in [-0.2, 0) is 6.54 Å². The first-order chi connectivity index (χ1) is 14.5. The van der Waals surface area contributed by atoms with Crippen LogP contribution in [0.3, 0.4) is 0 Å². The van der Waals surface area contributed by atoms with Gasteiger partial charge in [-0.2, -0.15) is 0 Å². The largest absolute Gasteiger partial charge is 0.505 e. The molecule has 0 amide bonds. The van der Waals surface area contributed by atoms with E-state index >= 15 is 0 Å². The van der Waals surface area contributed by atoms with Gasteiger partial charge in [-0.1, -0.05) is 18.2 Å². The first-order valence-electron chi connectivity index (χ1n) is 9.34. The molecule has 3 heterocycles. The monoisotopic (exact) mass is 420 g/mol. The first kappa shape index (κ1) is 18.5. The Morgan fingerprint density at radius 2 is 1.93 bits per heavy atom. The molecule has 8 heteroatoms. The molecule has 150 valence electrons. The second-order valence-corrected chi connectivity index (χ2v) is 7.85. The molecule has 0 bridgehead atoms. The van der Waals surface area contributed by atoms with Gasteiger partial charge in [0.25, 0.3) is 10.8 Å². The first-order valence-corrected chi connectivity index (χ1v) is 10.2. The Labute approximate surface area is 173 Å². The molecule has 0 saturated carbocycles. The highest BCUT2D eigenvalue weighted by Crippen LogP contribution is 2.37. The minimum Gasteiger partial charge on any atom is -0.505 e. The SMILES string of the molecule is CCn1c(=O)c2c(O)c(Sc3nc4ccccc4o3)c(=O)oc2c2ccc(C)cc21. The van der Waals surface area contributed by atoms with Gasteiger partial charge in [0.15, 0.2) is 16.9 Å².